The normalized spacial score (nSPS) is 23.6. The summed E-state index contributed by atoms with van der Waals surface area (Å²) in [7, 11) is 0. The predicted octanol–water partition coefficient (Wildman–Crippen LogP) is 5.16. The summed E-state index contributed by atoms with van der Waals surface area (Å²) in [5, 5.41) is 4.12. The van der Waals surface area contributed by atoms with Crippen LogP contribution in [0.4, 0.5) is 0 Å². The van der Waals surface area contributed by atoms with E-state index in [1.807, 2.05) is 0 Å². The van der Waals surface area contributed by atoms with E-state index in [2.05, 4.69) is 91.0 Å². The Morgan fingerprint density at radius 3 is 1.30 bits per heavy atom. The maximum absolute atomic E-state index is 7.43. The first kappa shape index (κ1) is 17.2. The second kappa shape index (κ2) is 6.30. The first-order valence-corrected chi connectivity index (χ1v) is 12.5. The molecule has 1 heterocycles. The van der Waals surface area contributed by atoms with Gasteiger partial charge >= 0.3 is 162 Å². The molecule has 2 fully saturated rings. The van der Waals surface area contributed by atoms with Crippen LogP contribution in [0.25, 0.3) is 0 Å². The molecule has 138 valence electrons. The quantitative estimate of drug-likeness (QED) is 0.575. The van der Waals surface area contributed by atoms with E-state index in [1.54, 1.807) is 0 Å². The van der Waals surface area contributed by atoms with E-state index in [0.717, 1.165) is 6.16 Å². The van der Waals surface area contributed by atoms with E-state index in [9.17, 15) is 0 Å². The molecule has 1 saturated carbocycles. The fraction of sp³-hybridized carbons (Fsp3) is 0.280. The standard InChI is InChI=1S/C25H27OP/c1-5-13-22(14-6-1)27(23-15-7-2-8-16-23,24-17-9-3-10-18-24)21-25(26-27)19-11-4-12-20-25/h1-3,5-10,13-18H,4,11-12,19-21H2. The molecule has 1 spiro atoms. The van der Waals surface area contributed by atoms with Crippen molar-refractivity contribution in [3.63, 3.8) is 0 Å². The summed E-state index contributed by atoms with van der Waals surface area (Å²) in [4.78, 5) is 0. The minimum atomic E-state index is -2.89. The van der Waals surface area contributed by atoms with E-state index < -0.39 is 6.83 Å². The number of benzene rings is 3. The Balaban J connectivity index is 1.79. The molecule has 0 unspecified atom stereocenters. The zero-order valence-corrected chi connectivity index (χ0v) is 16.7. The van der Waals surface area contributed by atoms with Crippen LogP contribution in [-0.4, -0.2) is 11.8 Å². The van der Waals surface area contributed by atoms with Crippen molar-refractivity contribution in [1.82, 2.24) is 0 Å². The fourth-order valence-corrected chi connectivity index (χ4v) is 12.1. The molecule has 1 nitrogen and oxygen atoms in total. The number of rotatable bonds is 3. The Morgan fingerprint density at radius 1 is 0.556 bits per heavy atom. The van der Waals surface area contributed by atoms with Crippen LogP contribution >= 0.6 is 6.83 Å². The average molecular weight is 374 g/mol. The summed E-state index contributed by atoms with van der Waals surface area (Å²) < 4.78 is 7.43. The van der Waals surface area contributed by atoms with E-state index >= 15 is 0 Å². The van der Waals surface area contributed by atoms with Gasteiger partial charge in [-0.2, -0.15) is 0 Å². The van der Waals surface area contributed by atoms with Gasteiger partial charge in [0.25, 0.3) is 0 Å². The second-order valence-corrected chi connectivity index (χ2v) is 12.7. The van der Waals surface area contributed by atoms with Gasteiger partial charge in [0.2, 0.25) is 0 Å². The summed E-state index contributed by atoms with van der Waals surface area (Å²) in [6.07, 6.45) is 7.50. The van der Waals surface area contributed by atoms with Crippen LogP contribution in [-0.2, 0) is 4.52 Å². The topological polar surface area (TPSA) is 9.23 Å². The number of hydrogen-bond acceptors (Lipinski definition) is 1. The molecule has 2 aliphatic rings. The van der Waals surface area contributed by atoms with Crippen molar-refractivity contribution in [2.24, 2.45) is 0 Å². The minimum absolute atomic E-state index is 0.0671. The monoisotopic (exact) mass is 374 g/mol. The van der Waals surface area contributed by atoms with Crippen molar-refractivity contribution < 1.29 is 4.52 Å². The molecule has 1 saturated heterocycles. The molecule has 0 radical (unpaired) electrons. The van der Waals surface area contributed by atoms with Crippen molar-refractivity contribution in [2.75, 3.05) is 6.16 Å². The Bertz CT molecular complexity index is 803. The van der Waals surface area contributed by atoms with Crippen molar-refractivity contribution in [3.05, 3.63) is 91.0 Å². The third-order valence-corrected chi connectivity index (χ3v) is 12.8. The Kier molecular flexibility index (Phi) is 4.00. The van der Waals surface area contributed by atoms with Crippen LogP contribution in [0.2, 0.25) is 0 Å². The first-order valence-electron chi connectivity index (χ1n) is 10.2. The zero-order chi connectivity index (χ0) is 18.2. The van der Waals surface area contributed by atoms with Crippen LogP contribution in [0.5, 0.6) is 0 Å². The first-order chi connectivity index (χ1) is 13.3. The molecule has 27 heavy (non-hydrogen) atoms. The predicted molar refractivity (Wildman–Crippen MR) is 117 cm³/mol. The van der Waals surface area contributed by atoms with Gasteiger partial charge in [0.15, 0.2) is 0 Å². The fourth-order valence-electron chi connectivity index (χ4n) is 5.52. The molecule has 0 atom stereocenters. The van der Waals surface area contributed by atoms with E-state index in [0.29, 0.717) is 0 Å². The van der Waals surface area contributed by atoms with Crippen LogP contribution in [0.1, 0.15) is 32.1 Å². The van der Waals surface area contributed by atoms with Crippen LogP contribution in [0.15, 0.2) is 91.0 Å². The van der Waals surface area contributed by atoms with Crippen molar-refractivity contribution in [3.8, 4) is 0 Å². The van der Waals surface area contributed by atoms with Gasteiger partial charge in [-0.05, 0) is 0 Å². The summed E-state index contributed by atoms with van der Waals surface area (Å²) in [6.45, 7) is -2.89. The zero-order valence-electron chi connectivity index (χ0n) is 15.8. The summed E-state index contributed by atoms with van der Waals surface area (Å²) in [5.74, 6) is 0. The second-order valence-electron chi connectivity index (χ2n) is 8.21. The van der Waals surface area contributed by atoms with E-state index in [1.165, 1.54) is 48.0 Å². The summed E-state index contributed by atoms with van der Waals surface area (Å²) in [5.41, 5.74) is 0.0671. The van der Waals surface area contributed by atoms with Gasteiger partial charge in [0.05, 0.1) is 0 Å². The van der Waals surface area contributed by atoms with Gasteiger partial charge in [-0.3, -0.25) is 0 Å². The SMILES string of the molecule is c1ccc(P2(c3ccccc3)(c3ccccc3)CC3(CCCCC3)O2)cc1. The summed E-state index contributed by atoms with van der Waals surface area (Å²) in [6, 6.07) is 33.2. The molecular weight excluding hydrogens is 347 g/mol. The average Bonchev–Trinajstić information content (AvgIpc) is 2.74. The third kappa shape index (κ3) is 2.38. The van der Waals surface area contributed by atoms with Crippen LogP contribution in [0, 0.1) is 0 Å². The van der Waals surface area contributed by atoms with Gasteiger partial charge in [-0.15, -0.1) is 0 Å². The Hall–Kier alpha value is -1.95. The van der Waals surface area contributed by atoms with Crippen molar-refractivity contribution >= 4 is 22.7 Å². The van der Waals surface area contributed by atoms with Crippen molar-refractivity contribution in [2.45, 2.75) is 37.7 Å². The molecule has 2 heteroatoms. The van der Waals surface area contributed by atoms with Gasteiger partial charge in [0.1, 0.15) is 0 Å². The van der Waals surface area contributed by atoms with Crippen LogP contribution in [0.3, 0.4) is 0 Å². The Morgan fingerprint density at radius 2 is 0.926 bits per heavy atom. The van der Waals surface area contributed by atoms with Crippen LogP contribution < -0.4 is 15.9 Å². The Labute approximate surface area is 162 Å². The molecule has 1 aliphatic carbocycles. The molecule has 0 aromatic heterocycles. The molecule has 3 aromatic rings. The molecule has 0 N–H and O–H groups in total. The molecule has 5 rings (SSSR count). The molecule has 0 bridgehead atoms. The molecule has 0 amide bonds. The van der Waals surface area contributed by atoms with Crippen molar-refractivity contribution in [1.29, 1.82) is 0 Å². The van der Waals surface area contributed by atoms with E-state index in [-0.39, 0.29) is 5.60 Å². The number of hydrogen-bond donors (Lipinski definition) is 0. The molecule has 3 aromatic carbocycles. The van der Waals surface area contributed by atoms with Gasteiger partial charge in [-0.1, -0.05) is 0 Å². The summed E-state index contributed by atoms with van der Waals surface area (Å²) >= 11 is 0. The van der Waals surface area contributed by atoms with Gasteiger partial charge in [-0.25, -0.2) is 0 Å². The van der Waals surface area contributed by atoms with Gasteiger partial charge in [0, 0.05) is 0 Å². The van der Waals surface area contributed by atoms with Gasteiger partial charge < -0.3 is 0 Å². The maximum atomic E-state index is 7.43. The molecule has 1 aliphatic heterocycles. The third-order valence-electron chi connectivity index (χ3n) is 6.66. The molecular formula is C25H27OP. The van der Waals surface area contributed by atoms with E-state index in [4.69, 9.17) is 4.52 Å².